The molecule has 0 bridgehead atoms. The molecule has 0 aromatic heterocycles. The number of hydrogen-bond acceptors (Lipinski definition) is 12. The minimum Gasteiger partial charge on any atom is -0.485 e. The van der Waals surface area contributed by atoms with Gasteiger partial charge in [0.1, 0.15) is 6.61 Å². The van der Waals surface area contributed by atoms with Crippen molar-refractivity contribution in [2.75, 3.05) is 19.7 Å². The molecule has 5 rings (SSSR count). The van der Waals surface area contributed by atoms with Gasteiger partial charge in [-0.3, -0.25) is 19.3 Å². The summed E-state index contributed by atoms with van der Waals surface area (Å²) in [6, 6.07) is 14.0. The van der Waals surface area contributed by atoms with E-state index in [1.807, 2.05) is 36.4 Å². The summed E-state index contributed by atoms with van der Waals surface area (Å²) in [5.41, 5.74) is 2.98. The number of benzene rings is 2. The molecule has 2 saturated heterocycles. The van der Waals surface area contributed by atoms with E-state index in [1.54, 1.807) is 6.92 Å². The second kappa shape index (κ2) is 16.5. The van der Waals surface area contributed by atoms with Crippen molar-refractivity contribution >= 4 is 23.9 Å². The fraction of sp³-hybridized carbons (Fsp3) is 0.568. The Morgan fingerprint density at radius 2 is 1.55 bits per heavy atom. The Balaban J connectivity index is 1.58. The van der Waals surface area contributed by atoms with Crippen LogP contribution in [0, 0.1) is 5.92 Å². The second-order valence-electron chi connectivity index (χ2n) is 12.7. The SMILES string of the molecule is CCCN1CCC[C@@H]2Cc3c(ccc(OCc4ccccc4)c3O[C@@H]3O[C@H](C(=O)OCC)[C@@H](OC(C)=O)[C@H](OC(C)=O)[C@H]3OC(C)=O)C[C@H]21. The van der Waals surface area contributed by atoms with Gasteiger partial charge in [0.25, 0.3) is 0 Å². The molecular weight excluding hydrogens is 634 g/mol. The molecule has 2 aliphatic heterocycles. The summed E-state index contributed by atoms with van der Waals surface area (Å²) in [6.45, 7) is 9.67. The lowest BCUT2D eigenvalue weighted by Crippen LogP contribution is -2.64. The van der Waals surface area contributed by atoms with Gasteiger partial charge >= 0.3 is 23.9 Å². The molecule has 0 saturated carbocycles. The third-order valence-corrected chi connectivity index (χ3v) is 9.15. The van der Waals surface area contributed by atoms with Crippen LogP contribution in [0.2, 0.25) is 0 Å². The highest BCUT2D eigenvalue weighted by molar-refractivity contribution is 5.77. The number of rotatable bonds is 12. The van der Waals surface area contributed by atoms with Crippen molar-refractivity contribution < 1.29 is 52.3 Å². The predicted molar refractivity (Wildman–Crippen MR) is 176 cm³/mol. The van der Waals surface area contributed by atoms with Crippen LogP contribution < -0.4 is 9.47 Å². The number of carbonyl (C=O) groups excluding carboxylic acids is 4. The van der Waals surface area contributed by atoms with E-state index in [4.69, 9.17) is 33.2 Å². The molecule has 2 fully saturated rings. The van der Waals surface area contributed by atoms with E-state index in [1.165, 1.54) is 6.92 Å². The Morgan fingerprint density at radius 1 is 0.857 bits per heavy atom. The summed E-state index contributed by atoms with van der Waals surface area (Å²) >= 11 is 0. The fourth-order valence-electron chi connectivity index (χ4n) is 7.24. The van der Waals surface area contributed by atoms with Crippen LogP contribution in [0.3, 0.4) is 0 Å². The molecule has 266 valence electrons. The van der Waals surface area contributed by atoms with Crippen LogP contribution in [0.5, 0.6) is 11.5 Å². The summed E-state index contributed by atoms with van der Waals surface area (Å²) in [4.78, 5) is 53.0. The Kier molecular flexibility index (Phi) is 12.2. The molecule has 3 aliphatic rings. The van der Waals surface area contributed by atoms with Crippen molar-refractivity contribution in [3.05, 3.63) is 59.2 Å². The highest BCUT2D eigenvalue weighted by Crippen LogP contribution is 2.44. The largest absolute Gasteiger partial charge is 0.485 e. The molecule has 0 spiro atoms. The molecule has 0 radical (unpaired) electrons. The van der Waals surface area contributed by atoms with E-state index >= 15 is 0 Å². The number of fused-ring (bicyclic) bond motifs is 2. The second-order valence-corrected chi connectivity index (χ2v) is 12.7. The van der Waals surface area contributed by atoms with Gasteiger partial charge in [-0.2, -0.15) is 0 Å². The molecule has 2 heterocycles. The van der Waals surface area contributed by atoms with Crippen molar-refractivity contribution in [1.29, 1.82) is 0 Å². The van der Waals surface area contributed by atoms with Crippen LogP contribution in [0.15, 0.2) is 42.5 Å². The highest BCUT2D eigenvalue weighted by Gasteiger charge is 2.56. The van der Waals surface area contributed by atoms with Gasteiger partial charge in [-0.05, 0) is 75.2 Å². The normalized spacial score (nSPS) is 26.3. The van der Waals surface area contributed by atoms with Crippen LogP contribution >= 0.6 is 0 Å². The Labute approximate surface area is 287 Å². The smallest absolute Gasteiger partial charge is 0.339 e. The minimum absolute atomic E-state index is 0.00386. The third kappa shape index (κ3) is 8.72. The Hall–Kier alpha value is -4.16. The van der Waals surface area contributed by atoms with Crippen molar-refractivity contribution in [3.8, 4) is 11.5 Å². The minimum atomic E-state index is -1.57. The van der Waals surface area contributed by atoms with Gasteiger partial charge in [-0.15, -0.1) is 0 Å². The maximum absolute atomic E-state index is 13.3. The first kappa shape index (κ1) is 36.1. The monoisotopic (exact) mass is 681 g/mol. The lowest BCUT2D eigenvalue weighted by Gasteiger charge is -2.46. The van der Waals surface area contributed by atoms with Crippen molar-refractivity contribution in [2.45, 2.75) is 110 Å². The standard InChI is InChI=1S/C37H47NO11/c1-6-17-38-18-11-14-27-19-28-26(20-29(27)38)15-16-30(44-21-25-12-9-8-10-13-25)31(28)48-37-35(47-24(5)41)33(46-23(4)40)32(45-22(3)39)34(49-37)36(42)43-7-2/h8-10,12-13,15-16,27,29,32-35,37H,6-7,11,14,17-21H2,1-5H3/t27-,29-,32+,33+,34+,35-,37-/m1/s1. The molecular formula is C37H47NO11. The maximum Gasteiger partial charge on any atom is 0.339 e. The van der Waals surface area contributed by atoms with Gasteiger partial charge in [-0.25, -0.2) is 4.79 Å². The molecule has 2 aromatic carbocycles. The number of nitrogens with zero attached hydrogens (tertiary/aromatic N) is 1. The number of esters is 4. The van der Waals surface area contributed by atoms with Gasteiger partial charge < -0.3 is 33.2 Å². The maximum atomic E-state index is 13.3. The summed E-state index contributed by atoms with van der Waals surface area (Å²) in [5, 5.41) is 0. The van der Waals surface area contributed by atoms with Gasteiger partial charge in [0, 0.05) is 32.4 Å². The number of ether oxygens (including phenoxy) is 7. The van der Waals surface area contributed by atoms with Gasteiger partial charge in [-0.1, -0.05) is 43.3 Å². The molecule has 1 aliphatic carbocycles. The average molecular weight is 682 g/mol. The van der Waals surface area contributed by atoms with Crippen LogP contribution in [0.25, 0.3) is 0 Å². The van der Waals surface area contributed by atoms with Crippen LogP contribution in [0.1, 0.15) is 70.6 Å². The molecule has 0 unspecified atom stereocenters. The van der Waals surface area contributed by atoms with E-state index in [9.17, 15) is 19.2 Å². The lowest BCUT2D eigenvalue weighted by atomic mass is 9.75. The predicted octanol–water partition coefficient (Wildman–Crippen LogP) is 4.32. The Morgan fingerprint density at radius 3 is 2.22 bits per heavy atom. The van der Waals surface area contributed by atoms with Gasteiger partial charge in [0.15, 0.2) is 29.8 Å². The van der Waals surface area contributed by atoms with Crippen LogP contribution in [-0.4, -0.2) is 85.2 Å². The number of piperidine rings is 1. The fourth-order valence-corrected chi connectivity index (χ4v) is 7.24. The van der Waals surface area contributed by atoms with Crippen LogP contribution in [0.4, 0.5) is 0 Å². The molecule has 12 heteroatoms. The molecule has 0 amide bonds. The zero-order chi connectivity index (χ0) is 35.1. The van der Waals surface area contributed by atoms with E-state index in [2.05, 4.69) is 17.9 Å². The summed E-state index contributed by atoms with van der Waals surface area (Å²) in [5.74, 6) is -1.92. The van der Waals surface area contributed by atoms with E-state index < -0.39 is 54.6 Å². The molecule has 2 aromatic rings. The number of likely N-dealkylation sites (tertiary alicyclic amines) is 1. The molecule has 0 N–H and O–H groups in total. The van der Waals surface area contributed by atoms with E-state index in [-0.39, 0.29) is 13.2 Å². The number of carbonyl (C=O) groups is 4. The van der Waals surface area contributed by atoms with E-state index in [0.29, 0.717) is 29.9 Å². The summed E-state index contributed by atoms with van der Waals surface area (Å²) in [7, 11) is 0. The van der Waals surface area contributed by atoms with Crippen molar-refractivity contribution in [1.82, 2.24) is 4.90 Å². The summed E-state index contributed by atoms with van der Waals surface area (Å²) < 4.78 is 41.3. The Bertz CT molecular complexity index is 1480. The van der Waals surface area contributed by atoms with Gasteiger partial charge in [0.2, 0.25) is 12.4 Å². The highest BCUT2D eigenvalue weighted by atomic mass is 16.7. The average Bonchev–Trinajstić information content (AvgIpc) is 3.06. The molecule has 7 atom stereocenters. The molecule has 49 heavy (non-hydrogen) atoms. The van der Waals surface area contributed by atoms with Gasteiger partial charge in [0.05, 0.1) is 6.61 Å². The van der Waals surface area contributed by atoms with Crippen molar-refractivity contribution in [3.63, 3.8) is 0 Å². The topological polar surface area (TPSA) is 136 Å². The third-order valence-electron chi connectivity index (χ3n) is 9.15. The van der Waals surface area contributed by atoms with Crippen molar-refractivity contribution in [2.24, 2.45) is 5.92 Å². The summed E-state index contributed by atoms with van der Waals surface area (Å²) in [6.07, 6.45) is -2.65. The lowest BCUT2D eigenvalue weighted by molar-refractivity contribution is -0.283. The zero-order valence-electron chi connectivity index (χ0n) is 28.9. The first-order valence-corrected chi connectivity index (χ1v) is 17.1. The zero-order valence-corrected chi connectivity index (χ0v) is 28.9. The first-order valence-electron chi connectivity index (χ1n) is 17.1. The van der Waals surface area contributed by atoms with Crippen LogP contribution in [-0.2, 0) is 62.3 Å². The quantitative estimate of drug-likeness (QED) is 0.233. The van der Waals surface area contributed by atoms with E-state index in [0.717, 1.165) is 69.3 Å². The first-order chi connectivity index (χ1) is 23.6. The number of hydrogen-bond donors (Lipinski definition) is 0. The molecule has 12 nitrogen and oxygen atoms in total.